The summed E-state index contributed by atoms with van der Waals surface area (Å²) in [5.41, 5.74) is 3.64. The van der Waals surface area contributed by atoms with Gasteiger partial charge in [0.2, 0.25) is 0 Å². The second-order valence-electron chi connectivity index (χ2n) is 6.33. The summed E-state index contributed by atoms with van der Waals surface area (Å²) in [6.07, 6.45) is 2.77. The molecule has 146 valence electrons. The average Bonchev–Trinajstić information content (AvgIpc) is 3.28. The molecule has 2 N–H and O–H groups in total. The van der Waals surface area contributed by atoms with Crippen molar-refractivity contribution in [3.8, 4) is 5.69 Å². The Morgan fingerprint density at radius 2 is 1.89 bits per heavy atom. The van der Waals surface area contributed by atoms with Crippen molar-refractivity contribution in [2.45, 2.75) is 40.2 Å². The molecule has 0 fully saturated rings. The molecule has 3 rings (SSSR count). The molecular formula is C20H22N4O4. The van der Waals surface area contributed by atoms with Crippen LogP contribution in [-0.4, -0.2) is 31.9 Å². The third kappa shape index (κ3) is 3.66. The molecule has 1 amide bonds. The molecule has 0 unspecified atom stereocenters. The zero-order valence-electron chi connectivity index (χ0n) is 16.0. The predicted octanol–water partition coefficient (Wildman–Crippen LogP) is 2.92. The summed E-state index contributed by atoms with van der Waals surface area (Å²) in [6.45, 7) is 6.02. The first-order chi connectivity index (χ1) is 13.5. The van der Waals surface area contributed by atoms with E-state index < -0.39 is 5.97 Å². The topological polar surface area (TPSA) is 110 Å². The minimum atomic E-state index is -1.02. The van der Waals surface area contributed by atoms with Gasteiger partial charge in [0.15, 0.2) is 0 Å². The number of hydrogen-bond acceptors (Lipinski definition) is 5. The van der Waals surface area contributed by atoms with Gasteiger partial charge in [-0.25, -0.2) is 9.48 Å². The molecule has 0 aliphatic carbocycles. The van der Waals surface area contributed by atoms with Crippen molar-refractivity contribution in [2.75, 3.05) is 0 Å². The van der Waals surface area contributed by atoms with Crippen LogP contribution >= 0.6 is 0 Å². The SMILES string of the molecule is CCc1noc(CC)c1CNC(=O)c1ccc(-n2ncc(C(=O)O)c2C)cc1. The molecule has 0 spiro atoms. The van der Waals surface area contributed by atoms with E-state index in [9.17, 15) is 9.59 Å². The first-order valence-electron chi connectivity index (χ1n) is 9.09. The Bertz CT molecular complexity index is 980. The Hall–Kier alpha value is -3.42. The van der Waals surface area contributed by atoms with Crippen molar-refractivity contribution in [3.63, 3.8) is 0 Å². The lowest BCUT2D eigenvalue weighted by atomic mass is 10.1. The summed E-state index contributed by atoms with van der Waals surface area (Å²) < 4.78 is 6.85. The van der Waals surface area contributed by atoms with Crippen LogP contribution in [0.1, 0.15) is 57.3 Å². The normalized spacial score (nSPS) is 10.8. The lowest BCUT2D eigenvalue weighted by molar-refractivity contribution is 0.0695. The number of carboxylic acids is 1. The quantitative estimate of drug-likeness (QED) is 0.650. The maximum Gasteiger partial charge on any atom is 0.339 e. The highest BCUT2D eigenvalue weighted by molar-refractivity contribution is 5.94. The zero-order chi connectivity index (χ0) is 20.3. The van der Waals surface area contributed by atoms with E-state index in [4.69, 9.17) is 9.63 Å². The second kappa shape index (κ2) is 8.08. The van der Waals surface area contributed by atoms with Crippen LogP contribution in [0.25, 0.3) is 5.69 Å². The fraction of sp³-hybridized carbons (Fsp3) is 0.300. The number of carbonyl (C=O) groups is 2. The first kappa shape index (κ1) is 19.3. The number of aryl methyl sites for hydroxylation is 2. The number of carbonyl (C=O) groups excluding carboxylic acids is 1. The number of hydrogen-bond donors (Lipinski definition) is 2. The lowest BCUT2D eigenvalue weighted by Crippen LogP contribution is -2.23. The van der Waals surface area contributed by atoms with Gasteiger partial charge in [-0.1, -0.05) is 19.0 Å². The molecule has 0 aliphatic rings. The second-order valence-corrected chi connectivity index (χ2v) is 6.33. The molecule has 8 heteroatoms. The van der Waals surface area contributed by atoms with Gasteiger partial charge in [0, 0.05) is 24.1 Å². The van der Waals surface area contributed by atoms with Crippen LogP contribution in [0.5, 0.6) is 0 Å². The van der Waals surface area contributed by atoms with Crippen molar-refractivity contribution in [1.82, 2.24) is 20.3 Å². The van der Waals surface area contributed by atoms with Crippen molar-refractivity contribution in [1.29, 1.82) is 0 Å². The van der Waals surface area contributed by atoms with Gasteiger partial charge >= 0.3 is 5.97 Å². The minimum absolute atomic E-state index is 0.147. The molecule has 28 heavy (non-hydrogen) atoms. The van der Waals surface area contributed by atoms with Gasteiger partial charge in [-0.15, -0.1) is 0 Å². The molecule has 0 saturated heterocycles. The predicted molar refractivity (Wildman–Crippen MR) is 102 cm³/mol. The molecule has 8 nitrogen and oxygen atoms in total. The number of nitrogens with one attached hydrogen (secondary N) is 1. The van der Waals surface area contributed by atoms with Gasteiger partial charge in [0.05, 0.1) is 23.3 Å². The fourth-order valence-corrected chi connectivity index (χ4v) is 3.04. The summed E-state index contributed by atoms with van der Waals surface area (Å²) in [4.78, 5) is 23.6. The summed E-state index contributed by atoms with van der Waals surface area (Å²) in [5.74, 6) is -0.442. The summed E-state index contributed by atoms with van der Waals surface area (Å²) in [7, 11) is 0. The Morgan fingerprint density at radius 3 is 2.46 bits per heavy atom. The van der Waals surface area contributed by atoms with Crippen LogP contribution in [0, 0.1) is 6.92 Å². The van der Waals surface area contributed by atoms with Crippen molar-refractivity contribution >= 4 is 11.9 Å². The highest BCUT2D eigenvalue weighted by atomic mass is 16.5. The highest BCUT2D eigenvalue weighted by Gasteiger charge is 2.16. The van der Waals surface area contributed by atoms with Crippen LogP contribution < -0.4 is 5.32 Å². The number of aromatic nitrogens is 3. The molecule has 0 radical (unpaired) electrons. The third-order valence-corrected chi connectivity index (χ3v) is 4.65. The molecule has 0 atom stereocenters. The Labute approximate surface area is 162 Å². The monoisotopic (exact) mass is 382 g/mol. The number of carboxylic acid groups (broad SMARTS) is 1. The van der Waals surface area contributed by atoms with E-state index in [1.165, 1.54) is 10.9 Å². The van der Waals surface area contributed by atoms with Gasteiger partial charge < -0.3 is 14.9 Å². The molecule has 0 saturated carbocycles. The molecule has 3 aromatic rings. The average molecular weight is 382 g/mol. The van der Waals surface area contributed by atoms with Gasteiger partial charge in [0.1, 0.15) is 11.3 Å². The lowest BCUT2D eigenvalue weighted by Gasteiger charge is -2.08. The van der Waals surface area contributed by atoms with Crippen LogP contribution in [0.3, 0.4) is 0 Å². The molecule has 2 aromatic heterocycles. The van der Waals surface area contributed by atoms with Gasteiger partial charge in [-0.05, 0) is 37.6 Å². The number of nitrogens with zero attached hydrogens (tertiary/aromatic N) is 3. The van der Waals surface area contributed by atoms with E-state index in [-0.39, 0.29) is 11.5 Å². The molecule has 0 bridgehead atoms. The van der Waals surface area contributed by atoms with E-state index in [1.807, 2.05) is 13.8 Å². The van der Waals surface area contributed by atoms with Crippen LogP contribution in [0.4, 0.5) is 0 Å². The number of rotatable bonds is 7. The smallest absolute Gasteiger partial charge is 0.339 e. The summed E-state index contributed by atoms with van der Waals surface area (Å²) in [6, 6.07) is 6.83. The van der Waals surface area contributed by atoms with Crippen molar-refractivity contribution < 1.29 is 19.2 Å². The third-order valence-electron chi connectivity index (χ3n) is 4.65. The minimum Gasteiger partial charge on any atom is -0.478 e. The first-order valence-corrected chi connectivity index (χ1v) is 9.09. The van der Waals surface area contributed by atoms with Crippen molar-refractivity contribution in [2.24, 2.45) is 0 Å². The van der Waals surface area contributed by atoms with E-state index in [1.54, 1.807) is 31.2 Å². The van der Waals surface area contributed by atoms with E-state index in [0.717, 1.165) is 23.4 Å². The molecule has 1 aromatic carbocycles. The molecule has 0 aliphatic heterocycles. The van der Waals surface area contributed by atoms with Crippen LogP contribution in [0.15, 0.2) is 35.0 Å². The zero-order valence-corrected chi connectivity index (χ0v) is 16.0. The van der Waals surface area contributed by atoms with Crippen LogP contribution in [0.2, 0.25) is 0 Å². The number of benzene rings is 1. The number of amides is 1. The van der Waals surface area contributed by atoms with E-state index in [0.29, 0.717) is 29.9 Å². The molecular weight excluding hydrogens is 360 g/mol. The highest BCUT2D eigenvalue weighted by Crippen LogP contribution is 2.17. The van der Waals surface area contributed by atoms with Gasteiger partial charge in [0.25, 0.3) is 5.91 Å². The maximum atomic E-state index is 12.5. The van der Waals surface area contributed by atoms with E-state index in [2.05, 4.69) is 15.6 Å². The fourth-order valence-electron chi connectivity index (χ4n) is 3.04. The summed E-state index contributed by atoms with van der Waals surface area (Å²) >= 11 is 0. The summed E-state index contributed by atoms with van der Waals surface area (Å²) in [5, 5.41) is 20.2. The molecule has 2 heterocycles. The Balaban J connectivity index is 1.72. The Morgan fingerprint density at radius 1 is 1.18 bits per heavy atom. The van der Waals surface area contributed by atoms with Gasteiger partial charge in [-0.2, -0.15) is 5.10 Å². The van der Waals surface area contributed by atoms with Crippen molar-refractivity contribution in [3.05, 3.63) is 64.3 Å². The Kier molecular flexibility index (Phi) is 5.58. The standard InChI is InChI=1S/C20H22N4O4/c1-4-17-16(18(5-2)28-23-17)10-21-19(25)13-6-8-14(9-7-13)24-12(3)15(11-22-24)20(26)27/h6-9,11H,4-5,10H2,1-3H3,(H,21,25)(H,26,27). The van der Waals surface area contributed by atoms with Gasteiger partial charge in [-0.3, -0.25) is 4.79 Å². The maximum absolute atomic E-state index is 12.5. The van der Waals surface area contributed by atoms with E-state index >= 15 is 0 Å². The van der Waals surface area contributed by atoms with Crippen LogP contribution in [-0.2, 0) is 19.4 Å². The number of aromatic carboxylic acids is 1. The largest absolute Gasteiger partial charge is 0.478 e.